The number of ether oxygens (including phenoxy) is 1. The van der Waals surface area contributed by atoms with Crippen molar-refractivity contribution < 1.29 is 9.53 Å². The average Bonchev–Trinajstić information content (AvgIpc) is 3.30. The van der Waals surface area contributed by atoms with Crippen LogP contribution in [0.2, 0.25) is 0 Å². The Morgan fingerprint density at radius 3 is 2.93 bits per heavy atom. The van der Waals surface area contributed by atoms with Crippen molar-refractivity contribution in [3.8, 4) is 5.75 Å². The Bertz CT molecular complexity index is 1080. The first-order valence-electron chi connectivity index (χ1n) is 9.20. The van der Waals surface area contributed by atoms with E-state index < -0.39 is 0 Å². The number of nitrogens with one attached hydrogen (secondary N) is 2. The van der Waals surface area contributed by atoms with Crippen LogP contribution in [0.5, 0.6) is 5.75 Å². The van der Waals surface area contributed by atoms with Crippen LogP contribution in [0, 0.1) is 0 Å². The van der Waals surface area contributed by atoms with Crippen molar-refractivity contribution in [2.24, 2.45) is 0 Å². The van der Waals surface area contributed by atoms with E-state index in [0.29, 0.717) is 19.5 Å². The zero-order valence-electron chi connectivity index (χ0n) is 15.4. The molecule has 0 atom stereocenters. The molecule has 138 valence electrons. The molecule has 0 unspecified atom stereocenters. The van der Waals surface area contributed by atoms with E-state index in [1.807, 2.05) is 42.7 Å². The summed E-state index contributed by atoms with van der Waals surface area (Å²) in [4.78, 5) is 15.5. The van der Waals surface area contributed by atoms with Gasteiger partial charge in [-0.3, -0.25) is 4.79 Å². The largest absolute Gasteiger partial charge is 0.495 e. The molecule has 0 spiro atoms. The average molecular weight is 361 g/mol. The first-order valence-corrected chi connectivity index (χ1v) is 9.20. The number of amides is 1. The molecule has 0 radical (unpaired) electrons. The summed E-state index contributed by atoms with van der Waals surface area (Å²) in [6.45, 7) is 1.26. The van der Waals surface area contributed by atoms with Crippen molar-refractivity contribution in [3.05, 3.63) is 66.5 Å². The Morgan fingerprint density at radius 2 is 2.04 bits per heavy atom. The third-order valence-electron chi connectivity index (χ3n) is 4.94. The van der Waals surface area contributed by atoms with Crippen LogP contribution >= 0.6 is 0 Å². The van der Waals surface area contributed by atoms with Gasteiger partial charge in [0.1, 0.15) is 5.75 Å². The number of para-hydroxylation sites is 2. The molecule has 0 aliphatic carbocycles. The number of methoxy groups -OCH3 is 1. The van der Waals surface area contributed by atoms with E-state index in [1.165, 1.54) is 10.9 Å². The van der Waals surface area contributed by atoms with Gasteiger partial charge in [-0.2, -0.15) is 0 Å². The summed E-state index contributed by atoms with van der Waals surface area (Å²) in [5.74, 6) is 0.892. The number of carbonyl (C=O) groups is 1. The SMILES string of the molecule is COc1cccc2ccn(CCC(=O)NCCc3c[nH]c4ccccc34)c12. The van der Waals surface area contributed by atoms with Crippen LogP contribution < -0.4 is 10.1 Å². The van der Waals surface area contributed by atoms with Gasteiger partial charge in [0, 0.05) is 48.2 Å². The van der Waals surface area contributed by atoms with E-state index in [-0.39, 0.29) is 5.91 Å². The molecule has 0 saturated heterocycles. The fourth-order valence-electron chi connectivity index (χ4n) is 3.56. The molecular weight excluding hydrogens is 338 g/mol. The maximum Gasteiger partial charge on any atom is 0.221 e. The summed E-state index contributed by atoms with van der Waals surface area (Å²) in [7, 11) is 1.67. The topological polar surface area (TPSA) is 59.0 Å². The molecule has 0 fully saturated rings. The normalized spacial score (nSPS) is 11.1. The molecular formula is C22H23N3O2. The van der Waals surface area contributed by atoms with Gasteiger partial charge in [-0.25, -0.2) is 0 Å². The van der Waals surface area contributed by atoms with E-state index >= 15 is 0 Å². The highest BCUT2D eigenvalue weighted by molar-refractivity contribution is 5.86. The summed E-state index contributed by atoms with van der Waals surface area (Å²) >= 11 is 0. The van der Waals surface area contributed by atoms with Crippen LogP contribution in [-0.2, 0) is 17.8 Å². The first-order chi connectivity index (χ1) is 13.3. The summed E-state index contributed by atoms with van der Waals surface area (Å²) in [5.41, 5.74) is 3.39. The molecule has 2 aromatic carbocycles. The second kappa shape index (κ2) is 7.58. The summed E-state index contributed by atoms with van der Waals surface area (Å²) in [6.07, 6.45) is 5.28. The number of aromatic amines is 1. The molecule has 4 aromatic rings. The van der Waals surface area contributed by atoms with Crippen molar-refractivity contribution in [2.45, 2.75) is 19.4 Å². The van der Waals surface area contributed by atoms with Crippen LogP contribution in [-0.4, -0.2) is 29.1 Å². The quantitative estimate of drug-likeness (QED) is 0.525. The van der Waals surface area contributed by atoms with E-state index in [4.69, 9.17) is 4.74 Å². The number of benzene rings is 2. The molecule has 0 saturated carbocycles. The van der Waals surface area contributed by atoms with Crippen molar-refractivity contribution in [2.75, 3.05) is 13.7 Å². The number of nitrogens with zero attached hydrogens (tertiary/aromatic N) is 1. The minimum atomic E-state index is 0.0617. The standard InChI is InChI=1S/C22H23N3O2/c1-27-20-8-4-5-16-10-13-25(22(16)20)14-11-21(26)23-12-9-17-15-24-19-7-3-2-6-18(17)19/h2-8,10,13,15,24H,9,11-12,14H2,1H3,(H,23,26). The Balaban J connectivity index is 1.33. The molecule has 4 rings (SSSR count). The zero-order chi connectivity index (χ0) is 18.6. The van der Waals surface area contributed by atoms with E-state index in [2.05, 4.69) is 33.1 Å². The number of aromatic nitrogens is 2. The predicted molar refractivity (Wildman–Crippen MR) is 108 cm³/mol. The minimum absolute atomic E-state index is 0.0617. The smallest absolute Gasteiger partial charge is 0.221 e. The third kappa shape index (κ3) is 3.53. The lowest BCUT2D eigenvalue weighted by molar-refractivity contribution is -0.121. The van der Waals surface area contributed by atoms with Crippen molar-refractivity contribution in [1.82, 2.24) is 14.9 Å². The second-order valence-corrected chi connectivity index (χ2v) is 6.62. The lowest BCUT2D eigenvalue weighted by Crippen LogP contribution is -2.26. The summed E-state index contributed by atoms with van der Waals surface area (Å²) in [5, 5.41) is 5.37. The second-order valence-electron chi connectivity index (χ2n) is 6.62. The third-order valence-corrected chi connectivity index (χ3v) is 4.94. The highest BCUT2D eigenvalue weighted by Crippen LogP contribution is 2.26. The first kappa shape index (κ1) is 17.2. The lowest BCUT2D eigenvalue weighted by Gasteiger charge is -2.09. The molecule has 27 heavy (non-hydrogen) atoms. The summed E-state index contributed by atoms with van der Waals surface area (Å²) < 4.78 is 7.53. The Kier molecular flexibility index (Phi) is 4.83. The van der Waals surface area contributed by atoms with Gasteiger partial charge in [-0.1, -0.05) is 30.3 Å². The number of carbonyl (C=O) groups excluding carboxylic acids is 1. The number of H-pyrrole nitrogens is 1. The highest BCUT2D eigenvalue weighted by Gasteiger charge is 2.09. The van der Waals surface area contributed by atoms with E-state index in [1.54, 1.807) is 7.11 Å². The molecule has 0 aliphatic rings. The van der Waals surface area contributed by atoms with Crippen LogP contribution in [0.15, 0.2) is 60.9 Å². The van der Waals surface area contributed by atoms with Gasteiger partial charge in [0.25, 0.3) is 0 Å². The summed E-state index contributed by atoms with van der Waals surface area (Å²) in [6, 6.07) is 16.2. The molecule has 0 bridgehead atoms. The van der Waals surface area contributed by atoms with Gasteiger partial charge in [-0.15, -0.1) is 0 Å². The van der Waals surface area contributed by atoms with Crippen molar-refractivity contribution >= 4 is 27.7 Å². The van der Waals surface area contributed by atoms with Gasteiger partial charge < -0.3 is 19.6 Å². The molecule has 1 amide bonds. The Hall–Kier alpha value is -3.21. The number of aryl methyl sites for hydroxylation is 1. The van der Waals surface area contributed by atoms with Gasteiger partial charge in [-0.05, 0) is 30.2 Å². The zero-order valence-corrected chi connectivity index (χ0v) is 15.4. The number of rotatable bonds is 7. The maximum atomic E-state index is 12.3. The lowest BCUT2D eigenvalue weighted by atomic mass is 10.1. The van der Waals surface area contributed by atoms with Gasteiger partial charge in [0.15, 0.2) is 0 Å². The van der Waals surface area contributed by atoms with Crippen LogP contribution in [0.4, 0.5) is 0 Å². The van der Waals surface area contributed by atoms with Gasteiger partial charge >= 0.3 is 0 Å². The van der Waals surface area contributed by atoms with Crippen molar-refractivity contribution in [1.29, 1.82) is 0 Å². The molecule has 5 heteroatoms. The molecule has 0 aliphatic heterocycles. The highest BCUT2D eigenvalue weighted by atomic mass is 16.5. The predicted octanol–water partition coefficient (Wildman–Crippen LogP) is 3.88. The fraction of sp³-hybridized carbons (Fsp3) is 0.227. The molecule has 2 heterocycles. The van der Waals surface area contributed by atoms with E-state index in [0.717, 1.165) is 28.6 Å². The maximum absolute atomic E-state index is 12.3. The molecule has 5 nitrogen and oxygen atoms in total. The number of fused-ring (bicyclic) bond motifs is 2. The number of hydrogen-bond acceptors (Lipinski definition) is 2. The van der Waals surface area contributed by atoms with Crippen LogP contribution in [0.1, 0.15) is 12.0 Å². The Morgan fingerprint density at radius 1 is 1.15 bits per heavy atom. The molecule has 2 N–H and O–H groups in total. The minimum Gasteiger partial charge on any atom is -0.495 e. The molecule has 2 aromatic heterocycles. The van der Waals surface area contributed by atoms with Crippen LogP contribution in [0.3, 0.4) is 0 Å². The van der Waals surface area contributed by atoms with Crippen LogP contribution in [0.25, 0.3) is 21.8 Å². The van der Waals surface area contributed by atoms with E-state index in [9.17, 15) is 4.79 Å². The van der Waals surface area contributed by atoms with Gasteiger partial charge in [0.2, 0.25) is 5.91 Å². The number of hydrogen-bond donors (Lipinski definition) is 2. The fourth-order valence-corrected chi connectivity index (χ4v) is 3.56. The van der Waals surface area contributed by atoms with Crippen molar-refractivity contribution in [3.63, 3.8) is 0 Å². The monoisotopic (exact) mass is 361 g/mol. The Labute approximate surface area is 157 Å². The van der Waals surface area contributed by atoms with Gasteiger partial charge in [0.05, 0.1) is 12.6 Å².